The van der Waals surface area contributed by atoms with Gasteiger partial charge in [0.15, 0.2) is 0 Å². The van der Waals surface area contributed by atoms with E-state index in [4.69, 9.17) is 4.74 Å². The second kappa shape index (κ2) is 5.64. The van der Waals surface area contributed by atoms with Crippen LogP contribution in [0.5, 0.6) is 0 Å². The first-order chi connectivity index (χ1) is 6.22. The molecule has 0 aromatic carbocycles. The number of ether oxygens (including phenoxy) is 1. The zero-order valence-corrected chi connectivity index (χ0v) is 9.38. The third-order valence-corrected chi connectivity index (χ3v) is 3.22. The van der Waals surface area contributed by atoms with Gasteiger partial charge in [-0.05, 0) is 24.7 Å². The van der Waals surface area contributed by atoms with Crippen molar-refractivity contribution in [3.63, 3.8) is 0 Å². The van der Waals surface area contributed by atoms with Crippen molar-refractivity contribution in [3.05, 3.63) is 0 Å². The molecule has 0 aromatic rings. The van der Waals surface area contributed by atoms with Gasteiger partial charge in [-0.1, -0.05) is 39.5 Å². The molecule has 78 valence electrons. The summed E-state index contributed by atoms with van der Waals surface area (Å²) in [5.41, 5.74) is 0. The van der Waals surface area contributed by atoms with Gasteiger partial charge in [0.1, 0.15) is 0 Å². The van der Waals surface area contributed by atoms with Crippen LogP contribution >= 0.6 is 0 Å². The Morgan fingerprint density at radius 3 is 2.69 bits per heavy atom. The van der Waals surface area contributed by atoms with Gasteiger partial charge in [0.25, 0.3) is 0 Å². The molecule has 1 fully saturated rings. The maximum atomic E-state index is 5.43. The van der Waals surface area contributed by atoms with Crippen LogP contribution in [0.25, 0.3) is 0 Å². The molecule has 1 aliphatic carbocycles. The molecule has 0 bridgehead atoms. The topological polar surface area (TPSA) is 9.23 Å². The lowest BCUT2D eigenvalue weighted by Crippen LogP contribution is -2.21. The predicted octanol–water partition coefficient (Wildman–Crippen LogP) is 3.63. The lowest BCUT2D eigenvalue weighted by molar-refractivity contribution is 0.0479. The highest BCUT2D eigenvalue weighted by atomic mass is 16.5. The summed E-state index contributed by atoms with van der Waals surface area (Å²) < 4.78 is 5.43. The minimum absolute atomic E-state index is 0.561. The van der Waals surface area contributed by atoms with Crippen LogP contribution in [0.3, 0.4) is 0 Å². The summed E-state index contributed by atoms with van der Waals surface area (Å²) in [7, 11) is 1.86. The molecule has 0 aromatic heterocycles. The van der Waals surface area contributed by atoms with E-state index in [1.807, 2.05) is 7.11 Å². The van der Waals surface area contributed by atoms with E-state index in [0.29, 0.717) is 6.10 Å². The summed E-state index contributed by atoms with van der Waals surface area (Å²) in [6.07, 6.45) is 8.77. The Morgan fingerprint density at radius 2 is 2.08 bits per heavy atom. The quantitative estimate of drug-likeness (QED) is 0.648. The summed E-state index contributed by atoms with van der Waals surface area (Å²) in [4.78, 5) is 0. The van der Waals surface area contributed by atoms with Crippen LogP contribution in [0.1, 0.15) is 52.4 Å². The molecule has 0 spiro atoms. The molecule has 2 unspecified atom stereocenters. The van der Waals surface area contributed by atoms with Gasteiger partial charge in [-0.15, -0.1) is 0 Å². The third kappa shape index (κ3) is 4.12. The van der Waals surface area contributed by atoms with Gasteiger partial charge < -0.3 is 4.74 Å². The number of methoxy groups -OCH3 is 1. The Labute approximate surface area is 82.9 Å². The normalized spacial score (nSPS) is 29.5. The zero-order valence-electron chi connectivity index (χ0n) is 9.38. The van der Waals surface area contributed by atoms with E-state index in [1.165, 1.54) is 38.5 Å². The Morgan fingerprint density at radius 1 is 1.31 bits per heavy atom. The van der Waals surface area contributed by atoms with Crippen molar-refractivity contribution in [2.75, 3.05) is 7.11 Å². The molecule has 1 nitrogen and oxygen atoms in total. The van der Waals surface area contributed by atoms with Crippen LogP contribution in [0.15, 0.2) is 0 Å². The summed E-state index contributed by atoms with van der Waals surface area (Å²) >= 11 is 0. The Kier molecular flexibility index (Phi) is 4.79. The summed E-state index contributed by atoms with van der Waals surface area (Å²) in [6.45, 7) is 4.63. The molecule has 1 aliphatic rings. The Bertz CT molecular complexity index is 131. The Balaban J connectivity index is 2.18. The van der Waals surface area contributed by atoms with Crippen molar-refractivity contribution in [2.24, 2.45) is 11.8 Å². The fourth-order valence-corrected chi connectivity index (χ4v) is 2.29. The molecule has 1 saturated carbocycles. The van der Waals surface area contributed by atoms with Gasteiger partial charge in [0.05, 0.1) is 6.10 Å². The standard InChI is InChI=1S/C12H24O/c1-10(2)7-8-11-5-4-6-12(9-11)13-3/h10-12H,4-9H2,1-3H3. The van der Waals surface area contributed by atoms with Crippen molar-refractivity contribution < 1.29 is 4.74 Å². The van der Waals surface area contributed by atoms with Crippen molar-refractivity contribution in [1.29, 1.82) is 0 Å². The first kappa shape index (κ1) is 11.0. The van der Waals surface area contributed by atoms with E-state index in [0.717, 1.165) is 11.8 Å². The van der Waals surface area contributed by atoms with Crippen molar-refractivity contribution >= 4 is 0 Å². The van der Waals surface area contributed by atoms with E-state index < -0.39 is 0 Å². The molecule has 0 saturated heterocycles. The molecule has 0 N–H and O–H groups in total. The molecule has 1 rings (SSSR count). The zero-order chi connectivity index (χ0) is 9.68. The lowest BCUT2D eigenvalue weighted by atomic mass is 9.83. The van der Waals surface area contributed by atoms with Gasteiger partial charge in [-0.3, -0.25) is 0 Å². The molecule has 0 radical (unpaired) electrons. The number of hydrogen-bond acceptors (Lipinski definition) is 1. The van der Waals surface area contributed by atoms with E-state index in [9.17, 15) is 0 Å². The molecule has 0 heterocycles. The van der Waals surface area contributed by atoms with Gasteiger partial charge in [-0.2, -0.15) is 0 Å². The summed E-state index contributed by atoms with van der Waals surface area (Å²) in [6, 6.07) is 0. The van der Waals surface area contributed by atoms with Gasteiger partial charge in [0.2, 0.25) is 0 Å². The highest BCUT2D eigenvalue weighted by molar-refractivity contribution is 4.73. The maximum Gasteiger partial charge on any atom is 0.0574 e. The average molecular weight is 184 g/mol. The maximum absolute atomic E-state index is 5.43. The molecular weight excluding hydrogens is 160 g/mol. The van der Waals surface area contributed by atoms with Gasteiger partial charge >= 0.3 is 0 Å². The van der Waals surface area contributed by atoms with Gasteiger partial charge in [0, 0.05) is 7.11 Å². The summed E-state index contributed by atoms with van der Waals surface area (Å²) in [5.74, 6) is 1.81. The minimum Gasteiger partial charge on any atom is -0.381 e. The SMILES string of the molecule is COC1CCCC(CCC(C)C)C1. The van der Waals surface area contributed by atoms with Crippen LogP contribution in [0.4, 0.5) is 0 Å². The highest BCUT2D eigenvalue weighted by Crippen LogP contribution is 2.30. The van der Waals surface area contributed by atoms with Crippen molar-refractivity contribution in [1.82, 2.24) is 0 Å². The van der Waals surface area contributed by atoms with Crippen molar-refractivity contribution in [3.8, 4) is 0 Å². The summed E-state index contributed by atoms with van der Waals surface area (Å²) in [5, 5.41) is 0. The average Bonchev–Trinajstić information content (AvgIpc) is 2.15. The Hall–Kier alpha value is -0.0400. The molecule has 0 amide bonds. The molecule has 2 atom stereocenters. The smallest absolute Gasteiger partial charge is 0.0574 e. The minimum atomic E-state index is 0.561. The van der Waals surface area contributed by atoms with E-state index in [1.54, 1.807) is 0 Å². The fraction of sp³-hybridized carbons (Fsp3) is 1.00. The number of hydrogen-bond donors (Lipinski definition) is 0. The predicted molar refractivity (Wildman–Crippen MR) is 56.8 cm³/mol. The van der Waals surface area contributed by atoms with E-state index in [-0.39, 0.29) is 0 Å². The van der Waals surface area contributed by atoms with Crippen LogP contribution in [-0.2, 0) is 4.74 Å². The largest absolute Gasteiger partial charge is 0.381 e. The molecular formula is C12H24O. The van der Waals surface area contributed by atoms with Gasteiger partial charge in [-0.25, -0.2) is 0 Å². The van der Waals surface area contributed by atoms with Crippen molar-refractivity contribution in [2.45, 2.75) is 58.5 Å². The second-order valence-electron chi connectivity index (χ2n) is 4.86. The van der Waals surface area contributed by atoms with Crippen LogP contribution in [0, 0.1) is 11.8 Å². The molecule has 0 aliphatic heterocycles. The fourth-order valence-electron chi connectivity index (χ4n) is 2.29. The van der Waals surface area contributed by atoms with Crippen LogP contribution < -0.4 is 0 Å². The lowest BCUT2D eigenvalue weighted by Gasteiger charge is -2.28. The highest BCUT2D eigenvalue weighted by Gasteiger charge is 2.21. The third-order valence-electron chi connectivity index (χ3n) is 3.22. The molecule has 1 heteroatoms. The van der Waals surface area contributed by atoms with Crippen LogP contribution in [0.2, 0.25) is 0 Å². The molecule has 13 heavy (non-hydrogen) atoms. The second-order valence-corrected chi connectivity index (χ2v) is 4.86. The monoisotopic (exact) mass is 184 g/mol. The van der Waals surface area contributed by atoms with Crippen LogP contribution in [-0.4, -0.2) is 13.2 Å². The first-order valence-corrected chi connectivity index (χ1v) is 5.75. The first-order valence-electron chi connectivity index (χ1n) is 5.75. The number of rotatable bonds is 4. The van der Waals surface area contributed by atoms with E-state index in [2.05, 4.69) is 13.8 Å². The van der Waals surface area contributed by atoms with E-state index >= 15 is 0 Å².